The summed E-state index contributed by atoms with van der Waals surface area (Å²) >= 11 is 0. The number of piperidine rings is 1. The van der Waals surface area contributed by atoms with E-state index >= 15 is 0 Å². The van der Waals surface area contributed by atoms with Gasteiger partial charge in [0.25, 0.3) is 5.91 Å². The molecule has 6 heteroatoms. The highest BCUT2D eigenvalue weighted by Gasteiger charge is 2.28. The largest absolute Gasteiger partial charge is 0.497 e. The minimum atomic E-state index is -0.844. The molecule has 0 saturated carbocycles. The Bertz CT molecular complexity index is 499. The summed E-state index contributed by atoms with van der Waals surface area (Å²) in [6, 6.07) is 6.95. The Labute approximate surface area is 123 Å². The van der Waals surface area contributed by atoms with E-state index in [9.17, 15) is 9.59 Å². The Morgan fingerprint density at radius 2 is 1.95 bits per heavy atom. The van der Waals surface area contributed by atoms with Crippen molar-refractivity contribution in [3.05, 3.63) is 24.3 Å². The Balaban J connectivity index is 1.84. The van der Waals surface area contributed by atoms with Gasteiger partial charge in [-0.3, -0.25) is 9.59 Å². The maximum Gasteiger partial charge on any atom is 0.308 e. The van der Waals surface area contributed by atoms with Crippen LogP contribution in [-0.2, 0) is 9.59 Å². The number of carbonyl (C=O) groups excluding carboxylic acids is 1. The maximum atomic E-state index is 12.0. The van der Waals surface area contributed by atoms with Crippen LogP contribution in [0.3, 0.4) is 0 Å². The lowest BCUT2D eigenvalue weighted by Crippen LogP contribution is -2.44. The summed E-state index contributed by atoms with van der Waals surface area (Å²) in [4.78, 5) is 24.6. The lowest BCUT2D eigenvalue weighted by Gasteiger charge is -2.30. The highest BCUT2D eigenvalue weighted by molar-refractivity contribution is 5.79. The summed E-state index contributed by atoms with van der Waals surface area (Å²) in [5, 5.41) is 9.01. The van der Waals surface area contributed by atoms with Crippen LogP contribution in [0, 0.1) is 5.92 Å². The number of likely N-dealkylation sites (tertiary alicyclic amines) is 1. The van der Waals surface area contributed by atoms with Crippen molar-refractivity contribution in [2.24, 2.45) is 5.92 Å². The minimum absolute atomic E-state index is 0.0847. The fourth-order valence-corrected chi connectivity index (χ4v) is 2.31. The molecular formula is C15H19NO5. The lowest BCUT2D eigenvalue weighted by atomic mass is 9.98. The monoisotopic (exact) mass is 293 g/mol. The van der Waals surface area contributed by atoms with E-state index in [0.29, 0.717) is 30.9 Å². The zero-order valence-electron chi connectivity index (χ0n) is 11.9. The first-order chi connectivity index (χ1) is 10.1. The molecular weight excluding hydrogens is 274 g/mol. The van der Waals surface area contributed by atoms with Crippen LogP contribution in [0.25, 0.3) is 0 Å². The third-order valence-electron chi connectivity index (χ3n) is 3.55. The highest BCUT2D eigenvalue weighted by Crippen LogP contribution is 2.19. The van der Waals surface area contributed by atoms with E-state index in [1.807, 2.05) is 0 Å². The Morgan fingerprint density at radius 3 is 2.57 bits per heavy atom. The van der Waals surface area contributed by atoms with Gasteiger partial charge in [-0.25, -0.2) is 0 Å². The van der Waals surface area contributed by atoms with Crippen LogP contribution in [0.5, 0.6) is 11.5 Å². The van der Waals surface area contributed by atoms with Crippen molar-refractivity contribution in [1.29, 1.82) is 0 Å². The number of hydrogen-bond donors (Lipinski definition) is 1. The molecule has 1 aliphatic heterocycles. The molecule has 1 aromatic carbocycles. The molecule has 1 fully saturated rings. The number of ether oxygens (including phenoxy) is 2. The first kappa shape index (κ1) is 15.2. The zero-order chi connectivity index (χ0) is 15.2. The van der Waals surface area contributed by atoms with Crippen molar-refractivity contribution in [1.82, 2.24) is 4.90 Å². The maximum absolute atomic E-state index is 12.0. The van der Waals surface area contributed by atoms with Crippen LogP contribution in [0.4, 0.5) is 0 Å². The van der Waals surface area contributed by atoms with Gasteiger partial charge >= 0.3 is 5.97 Å². The number of carbonyl (C=O) groups is 2. The second kappa shape index (κ2) is 6.97. The summed E-state index contributed by atoms with van der Waals surface area (Å²) in [6.45, 7) is 0.771. The summed E-state index contributed by atoms with van der Waals surface area (Å²) in [5.74, 6) is -0.200. The molecule has 0 aliphatic carbocycles. The van der Waals surface area contributed by atoms with Crippen molar-refractivity contribution in [3.8, 4) is 11.5 Å². The van der Waals surface area contributed by atoms with Gasteiger partial charge in [0.15, 0.2) is 6.61 Å². The van der Waals surface area contributed by atoms with E-state index < -0.39 is 11.9 Å². The van der Waals surface area contributed by atoms with E-state index in [2.05, 4.69) is 0 Å². The van der Waals surface area contributed by atoms with Gasteiger partial charge in [0, 0.05) is 13.1 Å². The summed E-state index contributed by atoms with van der Waals surface area (Å²) < 4.78 is 10.5. The van der Waals surface area contributed by atoms with Crippen LogP contribution in [0.1, 0.15) is 12.8 Å². The molecule has 1 N–H and O–H groups in total. The molecule has 2 rings (SSSR count). The predicted molar refractivity (Wildman–Crippen MR) is 75.4 cm³/mol. The first-order valence-electron chi connectivity index (χ1n) is 6.87. The molecule has 1 atom stereocenters. The smallest absolute Gasteiger partial charge is 0.308 e. The Hall–Kier alpha value is -2.24. The van der Waals surface area contributed by atoms with Crippen LogP contribution in [-0.4, -0.2) is 48.7 Å². The molecule has 1 heterocycles. The van der Waals surface area contributed by atoms with Gasteiger partial charge in [-0.2, -0.15) is 0 Å². The van der Waals surface area contributed by atoms with Crippen LogP contribution in [0.2, 0.25) is 0 Å². The summed E-state index contributed by atoms with van der Waals surface area (Å²) in [7, 11) is 1.58. The molecule has 114 valence electrons. The molecule has 0 spiro atoms. The van der Waals surface area contributed by atoms with E-state index in [1.54, 1.807) is 36.3 Å². The highest BCUT2D eigenvalue weighted by atomic mass is 16.5. The van der Waals surface area contributed by atoms with Gasteiger partial charge < -0.3 is 19.5 Å². The van der Waals surface area contributed by atoms with Crippen molar-refractivity contribution in [3.63, 3.8) is 0 Å². The van der Waals surface area contributed by atoms with E-state index in [0.717, 1.165) is 0 Å². The second-order valence-electron chi connectivity index (χ2n) is 4.98. The van der Waals surface area contributed by atoms with Gasteiger partial charge in [-0.15, -0.1) is 0 Å². The molecule has 1 saturated heterocycles. The van der Waals surface area contributed by atoms with E-state index in [-0.39, 0.29) is 19.1 Å². The van der Waals surface area contributed by atoms with E-state index in [1.165, 1.54) is 0 Å². The van der Waals surface area contributed by atoms with Crippen molar-refractivity contribution in [2.45, 2.75) is 12.8 Å². The molecule has 0 unspecified atom stereocenters. The van der Waals surface area contributed by atoms with Gasteiger partial charge in [-0.1, -0.05) is 0 Å². The standard InChI is InChI=1S/C15H19NO5/c1-20-12-4-6-13(7-5-12)21-10-14(17)16-8-2-3-11(9-16)15(18)19/h4-7,11H,2-3,8-10H2,1H3,(H,18,19)/t11-/m1/s1. The zero-order valence-corrected chi connectivity index (χ0v) is 11.9. The molecule has 1 aliphatic rings. The Kier molecular flexibility index (Phi) is 5.03. The van der Waals surface area contributed by atoms with Crippen LogP contribution in [0.15, 0.2) is 24.3 Å². The van der Waals surface area contributed by atoms with Gasteiger partial charge in [0.2, 0.25) is 0 Å². The van der Waals surface area contributed by atoms with Crippen molar-refractivity contribution >= 4 is 11.9 Å². The van der Waals surface area contributed by atoms with Gasteiger partial charge in [0.05, 0.1) is 13.0 Å². The van der Waals surface area contributed by atoms with E-state index in [4.69, 9.17) is 14.6 Å². The third-order valence-corrected chi connectivity index (χ3v) is 3.55. The van der Waals surface area contributed by atoms with Crippen molar-refractivity contribution < 1.29 is 24.2 Å². The predicted octanol–water partition coefficient (Wildman–Crippen LogP) is 1.40. The molecule has 0 bridgehead atoms. The number of amides is 1. The van der Waals surface area contributed by atoms with Gasteiger partial charge in [-0.05, 0) is 37.1 Å². The normalized spacial score (nSPS) is 18.1. The fraction of sp³-hybridized carbons (Fsp3) is 0.467. The van der Waals surface area contributed by atoms with Gasteiger partial charge in [0.1, 0.15) is 11.5 Å². The number of methoxy groups -OCH3 is 1. The third kappa shape index (κ3) is 4.11. The fourth-order valence-electron chi connectivity index (χ4n) is 2.31. The number of benzene rings is 1. The average molecular weight is 293 g/mol. The van der Waals surface area contributed by atoms with Crippen LogP contribution < -0.4 is 9.47 Å². The lowest BCUT2D eigenvalue weighted by molar-refractivity contribution is -0.146. The number of carboxylic acid groups (broad SMARTS) is 1. The topological polar surface area (TPSA) is 76.1 Å². The SMILES string of the molecule is COc1ccc(OCC(=O)N2CCC[C@@H](C(=O)O)C2)cc1. The average Bonchev–Trinajstić information content (AvgIpc) is 2.53. The number of aliphatic carboxylic acids is 1. The molecule has 1 aromatic rings. The molecule has 0 radical (unpaired) electrons. The van der Waals surface area contributed by atoms with Crippen molar-refractivity contribution in [2.75, 3.05) is 26.8 Å². The Morgan fingerprint density at radius 1 is 1.29 bits per heavy atom. The molecule has 0 aromatic heterocycles. The number of rotatable bonds is 5. The first-order valence-corrected chi connectivity index (χ1v) is 6.87. The second-order valence-corrected chi connectivity index (χ2v) is 4.98. The molecule has 1 amide bonds. The summed E-state index contributed by atoms with van der Waals surface area (Å²) in [6.07, 6.45) is 1.34. The number of nitrogens with zero attached hydrogens (tertiary/aromatic N) is 1. The summed E-state index contributed by atoms with van der Waals surface area (Å²) in [5.41, 5.74) is 0. The minimum Gasteiger partial charge on any atom is -0.497 e. The number of hydrogen-bond acceptors (Lipinski definition) is 4. The molecule has 6 nitrogen and oxygen atoms in total. The quantitative estimate of drug-likeness (QED) is 0.888. The number of carboxylic acids is 1. The molecule has 21 heavy (non-hydrogen) atoms. The van der Waals surface area contributed by atoms with Crippen LogP contribution >= 0.6 is 0 Å².